The molecule has 0 amide bonds. The van der Waals surface area contributed by atoms with Gasteiger partial charge in [0.05, 0.1) is 12.7 Å². The van der Waals surface area contributed by atoms with Crippen molar-refractivity contribution >= 4 is 22.4 Å². The van der Waals surface area contributed by atoms with Crippen molar-refractivity contribution in [1.29, 1.82) is 0 Å². The molecule has 1 aromatic heterocycles. The van der Waals surface area contributed by atoms with E-state index in [0.717, 1.165) is 92.9 Å². The molecular formula is C36H53N3O4. The smallest absolute Gasteiger partial charge is 0.336 e. The van der Waals surface area contributed by atoms with E-state index in [1.54, 1.807) is 6.07 Å². The number of ether oxygens (including phenoxy) is 1. The predicted octanol–water partition coefficient (Wildman–Crippen LogP) is 5.90. The molecule has 4 aliphatic rings. The van der Waals surface area contributed by atoms with E-state index < -0.39 is 0 Å². The van der Waals surface area contributed by atoms with Crippen molar-refractivity contribution < 1.29 is 13.9 Å². The lowest BCUT2D eigenvalue weighted by Gasteiger charge is -2.60. The number of hydrogen-bond donors (Lipinski definition) is 2. The van der Waals surface area contributed by atoms with Gasteiger partial charge in [-0.1, -0.05) is 13.8 Å². The van der Waals surface area contributed by atoms with E-state index in [0.29, 0.717) is 28.8 Å². The number of rotatable bonds is 11. The van der Waals surface area contributed by atoms with Gasteiger partial charge < -0.3 is 24.7 Å². The molecule has 0 saturated heterocycles. The monoisotopic (exact) mass is 591 g/mol. The second kappa shape index (κ2) is 12.6. The van der Waals surface area contributed by atoms with Gasteiger partial charge in [-0.2, -0.15) is 0 Å². The largest absolute Gasteiger partial charge is 0.423 e. The first kappa shape index (κ1) is 30.8. The van der Waals surface area contributed by atoms with Crippen LogP contribution in [0, 0.1) is 34.5 Å². The molecule has 4 saturated carbocycles. The molecule has 7 nitrogen and oxygen atoms in total. The Morgan fingerprint density at radius 3 is 2.63 bits per heavy atom. The van der Waals surface area contributed by atoms with Crippen molar-refractivity contribution in [2.24, 2.45) is 34.5 Å². The molecule has 2 aromatic rings. The minimum atomic E-state index is -0.297. The number of carbonyl (C=O) groups excluding carboxylic acids is 1. The maximum Gasteiger partial charge on any atom is 0.336 e. The normalized spacial score (nSPS) is 33.8. The Bertz CT molecular complexity index is 1360. The predicted molar refractivity (Wildman–Crippen MR) is 173 cm³/mol. The third-order valence-electron chi connectivity index (χ3n) is 12.3. The van der Waals surface area contributed by atoms with Crippen LogP contribution in [0.15, 0.2) is 33.5 Å². The van der Waals surface area contributed by atoms with Gasteiger partial charge in [-0.25, -0.2) is 4.79 Å². The molecule has 0 aliphatic heterocycles. The molecule has 1 aromatic carbocycles. The van der Waals surface area contributed by atoms with E-state index in [4.69, 9.17) is 9.15 Å². The summed E-state index contributed by atoms with van der Waals surface area (Å²) in [6, 6.07) is 7.69. The molecule has 236 valence electrons. The fourth-order valence-electron chi connectivity index (χ4n) is 9.86. The van der Waals surface area contributed by atoms with E-state index in [-0.39, 0.29) is 11.0 Å². The molecule has 2 N–H and O–H groups in total. The van der Waals surface area contributed by atoms with Crippen LogP contribution < -0.4 is 16.3 Å². The van der Waals surface area contributed by atoms with Crippen LogP contribution in [0.2, 0.25) is 0 Å². The van der Waals surface area contributed by atoms with Crippen molar-refractivity contribution in [3.63, 3.8) is 0 Å². The maximum absolute atomic E-state index is 12.3. The summed E-state index contributed by atoms with van der Waals surface area (Å²) < 4.78 is 12.2. The van der Waals surface area contributed by atoms with Gasteiger partial charge in [-0.05, 0) is 124 Å². The van der Waals surface area contributed by atoms with Gasteiger partial charge in [0.2, 0.25) is 0 Å². The van der Waals surface area contributed by atoms with Crippen LogP contribution in [-0.2, 0) is 16.0 Å². The molecule has 7 heteroatoms. The van der Waals surface area contributed by atoms with Gasteiger partial charge in [-0.15, -0.1) is 0 Å². The van der Waals surface area contributed by atoms with Crippen LogP contribution in [-0.4, -0.2) is 63.7 Å². The highest BCUT2D eigenvalue weighted by atomic mass is 16.5. The summed E-state index contributed by atoms with van der Waals surface area (Å²) in [5.74, 6) is 3.49. The van der Waals surface area contributed by atoms with Crippen molar-refractivity contribution in [3.05, 3.63) is 40.2 Å². The van der Waals surface area contributed by atoms with E-state index >= 15 is 0 Å². The summed E-state index contributed by atoms with van der Waals surface area (Å²) in [6.45, 7) is 9.15. The third kappa shape index (κ3) is 6.19. The van der Waals surface area contributed by atoms with Crippen molar-refractivity contribution in [2.45, 2.75) is 84.2 Å². The third-order valence-corrected chi connectivity index (χ3v) is 12.3. The Morgan fingerprint density at radius 1 is 0.953 bits per heavy atom. The number of ketones is 1. The number of likely N-dealkylation sites (N-methyl/N-ethyl adjacent to an activating group) is 1. The van der Waals surface area contributed by atoms with Gasteiger partial charge in [0, 0.05) is 55.7 Å². The minimum Gasteiger partial charge on any atom is -0.423 e. The second-order valence-electron chi connectivity index (χ2n) is 14.9. The molecule has 1 heterocycles. The standard InChI is InChI=1S/C36H53N3O4/c1-35-14-11-27(40)22-25(35)5-7-29-30-9-10-33(36(30,2)15-12-31(29)35)42-20-18-37-16-13-24-21-34(41)43-32-23-26(6-8-28(24)32)38-17-19-39(3)4/h6,8,21,23,25,29-31,33,37-38H,5,7,9-20,22H2,1-4H3/t25-,29-,30-,31-,33-,35-,36-/m0/s1. The first-order valence-corrected chi connectivity index (χ1v) is 17.0. The highest BCUT2D eigenvalue weighted by molar-refractivity contribution is 5.83. The highest BCUT2D eigenvalue weighted by Crippen LogP contribution is 2.66. The number of benzene rings is 1. The zero-order valence-corrected chi connectivity index (χ0v) is 26.9. The molecule has 0 radical (unpaired) electrons. The number of fused-ring (bicyclic) bond motifs is 6. The van der Waals surface area contributed by atoms with Crippen molar-refractivity contribution in [1.82, 2.24) is 10.2 Å². The molecule has 0 bridgehead atoms. The van der Waals surface area contributed by atoms with Crippen LogP contribution in [0.1, 0.15) is 77.2 Å². The summed E-state index contributed by atoms with van der Waals surface area (Å²) in [5.41, 5.74) is 2.98. The number of carbonyl (C=O) groups is 1. The Labute approximate surface area is 257 Å². The van der Waals surface area contributed by atoms with Gasteiger partial charge in [0.1, 0.15) is 11.4 Å². The number of hydrogen-bond acceptors (Lipinski definition) is 7. The zero-order chi connectivity index (χ0) is 30.2. The van der Waals surface area contributed by atoms with Crippen molar-refractivity contribution in [2.75, 3.05) is 52.2 Å². The lowest BCUT2D eigenvalue weighted by molar-refractivity contribution is -0.145. The quantitative estimate of drug-likeness (QED) is 0.249. The van der Waals surface area contributed by atoms with Crippen LogP contribution in [0.5, 0.6) is 0 Å². The van der Waals surface area contributed by atoms with Gasteiger partial charge in [-0.3, -0.25) is 4.79 Å². The van der Waals surface area contributed by atoms with E-state index in [1.807, 2.05) is 6.07 Å². The Morgan fingerprint density at radius 2 is 1.79 bits per heavy atom. The number of anilines is 1. The SMILES string of the molecule is CN(C)CCNc1ccc2c(CCNCCO[C@H]3CC[C@H]4[C@@H]5CC[C@H]6CC(=O)CC[C@]6(C)[C@H]5CC[C@]34C)cc(=O)oc2c1. The fourth-order valence-corrected chi connectivity index (χ4v) is 9.86. The summed E-state index contributed by atoms with van der Waals surface area (Å²) in [7, 11) is 4.10. The van der Waals surface area contributed by atoms with Crippen LogP contribution >= 0.6 is 0 Å². The minimum absolute atomic E-state index is 0.284. The maximum atomic E-state index is 12.3. The summed E-state index contributed by atoms with van der Waals surface area (Å²) in [6.07, 6.45) is 11.5. The average molecular weight is 592 g/mol. The molecule has 0 unspecified atom stereocenters. The number of Topliss-reactive ketones (excluding diaryl/α,β-unsaturated/α-hetero) is 1. The van der Waals surface area contributed by atoms with Crippen LogP contribution in [0.3, 0.4) is 0 Å². The van der Waals surface area contributed by atoms with E-state index in [2.05, 4.69) is 55.6 Å². The topological polar surface area (TPSA) is 83.8 Å². The average Bonchev–Trinajstić information content (AvgIpc) is 3.30. The Hall–Kier alpha value is -2.22. The molecule has 4 fully saturated rings. The summed E-state index contributed by atoms with van der Waals surface area (Å²) in [4.78, 5) is 26.6. The van der Waals surface area contributed by atoms with E-state index in [9.17, 15) is 9.59 Å². The van der Waals surface area contributed by atoms with Gasteiger partial charge in [0.15, 0.2) is 0 Å². The zero-order valence-electron chi connectivity index (χ0n) is 26.9. The Balaban J connectivity index is 0.981. The van der Waals surface area contributed by atoms with Gasteiger partial charge in [0.25, 0.3) is 0 Å². The molecule has 43 heavy (non-hydrogen) atoms. The highest BCUT2D eigenvalue weighted by Gasteiger charge is 2.60. The van der Waals surface area contributed by atoms with Gasteiger partial charge >= 0.3 is 5.63 Å². The fraction of sp³-hybridized carbons (Fsp3) is 0.722. The first-order chi connectivity index (χ1) is 20.7. The second-order valence-corrected chi connectivity index (χ2v) is 14.9. The first-order valence-electron chi connectivity index (χ1n) is 17.0. The molecule has 6 rings (SSSR count). The van der Waals surface area contributed by atoms with Crippen LogP contribution in [0.4, 0.5) is 5.69 Å². The molecule has 4 aliphatic carbocycles. The Kier molecular flexibility index (Phi) is 9.06. The van der Waals surface area contributed by atoms with Crippen LogP contribution in [0.25, 0.3) is 11.0 Å². The number of nitrogens with zero attached hydrogens (tertiary/aromatic N) is 1. The lowest BCUT2D eigenvalue weighted by Crippen LogP contribution is -2.54. The van der Waals surface area contributed by atoms with E-state index in [1.165, 1.54) is 38.5 Å². The molecule has 0 spiro atoms. The number of nitrogens with one attached hydrogen (secondary N) is 2. The molecule has 7 atom stereocenters. The molecular weight excluding hydrogens is 538 g/mol. The summed E-state index contributed by atoms with van der Waals surface area (Å²) >= 11 is 0. The van der Waals surface area contributed by atoms with Crippen molar-refractivity contribution in [3.8, 4) is 0 Å². The lowest BCUT2D eigenvalue weighted by atomic mass is 9.45. The summed E-state index contributed by atoms with van der Waals surface area (Å²) in [5, 5.41) is 7.96.